The zero-order valence-corrected chi connectivity index (χ0v) is 10.4. The molecule has 1 aliphatic rings. The van der Waals surface area contributed by atoms with Crippen molar-refractivity contribution in [2.75, 3.05) is 5.32 Å². The number of carbonyl (C=O) groups excluding carboxylic acids is 1. The Bertz CT molecular complexity index is 558. The van der Waals surface area contributed by atoms with Gasteiger partial charge in [0.2, 0.25) is 0 Å². The van der Waals surface area contributed by atoms with Crippen molar-refractivity contribution in [2.24, 2.45) is 0 Å². The van der Waals surface area contributed by atoms with Gasteiger partial charge in [-0.2, -0.15) is 0 Å². The van der Waals surface area contributed by atoms with Gasteiger partial charge in [0.1, 0.15) is 0 Å². The van der Waals surface area contributed by atoms with Gasteiger partial charge in [-0.05, 0) is 44.0 Å². The van der Waals surface area contributed by atoms with E-state index in [0.29, 0.717) is 6.42 Å². The van der Waals surface area contributed by atoms with E-state index in [0.717, 1.165) is 28.9 Å². The number of rotatable bonds is 3. The smallest absolute Gasteiger partial charge is 0.335 e. The highest BCUT2D eigenvalue weighted by Crippen LogP contribution is 2.26. The van der Waals surface area contributed by atoms with E-state index >= 15 is 0 Å². The number of Topliss-reactive ketones (excluding diaryl/α,β-unsaturated/α-hetero) is 1. The average molecular weight is 245 g/mol. The van der Waals surface area contributed by atoms with Crippen LogP contribution in [0.25, 0.3) is 0 Å². The molecule has 0 aromatic heterocycles. The molecule has 0 atom stereocenters. The molecule has 4 nitrogen and oxygen atoms in total. The summed E-state index contributed by atoms with van der Waals surface area (Å²) in [5.41, 5.74) is 3.69. The van der Waals surface area contributed by atoms with Gasteiger partial charge in [-0.3, -0.25) is 4.79 Å². The summed E-state index contributed by atoms with van der Waals surface area (Å²) in [5.74, 6) is -0.756. The SMILES string of the molecule is CC1=C(Nc2ccc(C(=O)O)cc2C)CCC1=O. The summed E-state index contributed by atoms with van der Waals surface area (Å²) in [6, 6.07) is 4.92. The Labute approximate surface area is 105 Å². The zero-order valence-electron chi connectivity index (χ0n) is 10.4. The molecule has 0 radical (unpaired) electrons. The van der Waals surface area contributed by atoms with Crippen molar-refractivity contribution >= 4 is 17.4 Å². The molecule has 4 heteroatoms. The summed E-state index contributed by atoms with van der Waals surface area (Å²) in [7, 11) is 0. The van der Waals surface area contributed by atoms with Crippen molar-refractivity contribution in [1.82, 2.24) is 0 Å². The van der Waals surface area contributed by atoms with Crippen molar-refractivity contribution in [3.63, 3.8) is 0 Å². The van der Waals surface area contributed by atoms with Crippen LogP contribution in [0.3, 0.4) is 0 Å². The second kappa shape index (κ2) is 4.64. The van der Waals surface area contributed by atoms with Gasteiger partial charge in [-0.25, -0.2) is 4.79 Å². The largest absolute Gasteiger partial charge is 0.478 e. The van der Waals surface area contributed by atoms with E-state index in [-0.39, 0.29) is 11.3 Å². The van der Waals surface area contributed by atoms with Crippen molar-refractivity contribution in [3.8, 4) is 0 Å². The summed E-state index contributed by atoms with van der Waals surface area (Å²) in [4.78, 5) is 22.3. The topological polar surface area (TPSA) is 66.4 Å². The van der Waals surface area contributed by atoms with Gasteiger partial charge in [0, 0.05) is 23.4 Å². The van der Waals surface area contributed by atoms with Crippen molar-refractivity contribution < 1.29 is 14.7 Å². The number of anilines is 1. The van der Waals surface area contributed by atoms with Gasteiger partial charge in [0.25, 0.3) is 0 Å². The number of benzene rings is 1. The lowest BCUT2D eigenvalue weighted by atomic mass is 10.1. The third kappa shape index (κ3) is 2.27. The summed E-state index contributed by atoms with van der Waals surface area (Å²) in [6.45, 7) is 3.67. The van der Waals surface area contributed by atoms with Crippen LogP contribution in [0.5, 0.6) is 0 Å². The molecule has 0 amide bonds. The number of nitrogens with one attached hydrogen (secondary N) is 1. The van der Waals surface area contributed by atoms with Gasteiger partial charge in [0.15, 0.2) is 5.78 Å². The quantitative estimate of drug-likeness (QED) is 0.859. The van der Waals surface area contributed by atoms with Gasteiger partial charge < -0.3 is 10.4 Å². The predicted octanol–water partition coefficient (Wildman–Crippen LogP) is 2.74. The second-order valence-corrected chi connectivity index (χ2v) is 4.49. The first-order valence-corrected chi connectivity index (χ1v) is 5.83. The van der Waals surface area contributed by atoms with Crippen LogP contribution < -0.4 is 5.32 Å². The van der Waals surface area contributed by atoms with Crippen LogP contribution in [-0.4, -0.2) is 16.9 Å². The van der Waals surface area contributed by atoms with E-state index in [1.54, 1.807) is 18.2 Å². The van der Waals surface area contributed by atoms with E-state index in [2.05, 4.69) is 5.32 Å². The lowest BCUT2D eigenvalue weighted by Crippen LogP contribution is -2.03. The van der Waals surface area contributed by atoms with Crippen LogP contribution in [0, 0.1) is 6.92 Å². The third-order valence-electron chi connectivity index (χ3n) is 3.23. The van der Waals surface area contributed by atoms with Crippen molar-refractivity contribution in [3.05, 3.63) is 40.6 Å². The van der Waals surface area contributed by atoms with E-state index in [1.165, 1.54) is 0 Å². The van der Waals surface area contributed by atoms with Gasteiger partial charge in [-0.15, -0.1) is 0 Å². The monoisotopic (exact) mass is 245 g/mol. The number of carboxylic acids is 1. The first-order chi connectivity index (χ1) is 8.49. The summed E-state index contributed by atoms with van der Waals surface area (Å²) < 4.78 is 0. The molecular formula is C14H15NO3. The number of aryl methyl sites for hydroxylation is 1. The van der Waals surface area contributed by atoms with Gasteiger partial charge in [-0.1, -0.05) is 0 Å². The Morgan fingerprint density at radius 2 is 2.00 bits per heavy atom. The highest BCUT2D eigenvalue weighted by atomic mass is 16.4. The van der Waals surface area contributed by atoms with Crippen LogP contribution in [0.1, 0.15) is 35.7 Å². The van der Waals surface area contributed by atoms with Crippen LogP contribution in [0.4, 0.5) is 5.69 Å². The van der Waals surface area contributed by atoms with Gasteiger partial charge >= 0.3 is 5.97 Å². The minimum absolute atomic E-state index is 0.178. The molecule has 0 unspecified atom stereocenters. The normalized spacial score (nSPS) is 15.1. The fraction of sp³-hybridized carbons (Fsp3) is 0.286. The van der Waals surface area contributed by atoms with Crippen molar-refractivity contribution in [2.45, 2.75) is 26.7 Å². The Hall–Kier alpha value is -2.10. The Kier molecular flexibility index (Phi) is 3.19. The average Bonchev–Trinajstić information content (AvgIpc) is 2.63. The Morgan fingerprint density at radius 1 is 1.28 bits per heavy atom. The summed E-state index contributed by atoms with van der Waals surface area (Å²) in [5, 5.41) is 12.1. The number of hydrogen-bond acceptors (Lipinski definition) is 3. The van der Waals surface area contributed by atoms with Crippen molar-refractivity contribution in [1.29, 1.82) is 0 Å². The first-order valence-electron chi connectivity index (χ1n) is 5.83. The number of hydrogen-bond donors (Lipinski definition) is 2. The van der Waals surface area contributed by atoms with Crippen LogP contribution in [0.15, 0.2) is 29.5 Å². The molecule has 0 spiro atoms. The summed E-state index contributed by atoms with van der Waals surface area (Å²) in [6.07, 6.45) is 1.28. The molecular weight excluding hydrogens is 230 g/mol. The maximum atomic E-state index is 11.4. The molecule has 0 saturated carbocycles. The Balaban J connectivity index is 2.26. The highest BCUT2D eigenvalue weighted by Gasteiger charge is 2.19. The molecule has 0 heterocycles. The number of allylic oxidation sites excluding steroid dienone is 2. The standard InChI is InChI=1S/C14H15NO3/c1-8-7-10(14(17)18)3-4-11(8)15-12-5-6-13(16)9(12)2/h3-4,7,15H,5-6H2,1-2H3,(H,17,18). The molecule has 2 rings (SSSR count). The molecule has 0 aliphatic heterocycles. The molecule has 1 aliphatic carbocycles. The summed E-state index contributed by atoms with van der Waals surface area (Å²) >= 11 is 0. The lowest BCUT2D eigenvalue weighted by molar-refractivity contribution is -0.114. The van der Waals surface area contributed by atoms with Crippen LogP contribution in [-0.2, 0) is 4.79 Å². The van der Waals surface area contributed by atoms with Crippen LogP contribution >= 0.6 is 0 Å². The maximum Gasteiger partial charge on any atom is 0.335 e. The van der Waals surface area contributed by atoms with E-state index in [1.807, 2.05) is 13.8 Å². The van der Waals surface area contributed by atoms with E-state index in [4.69, 9.17) is 5.11 Å². The number of carbonyl (C=O) groups is 2. The molecule has 1 aromatic rings. The third-order valence-corrected chi connectivity index (χ3v) is 3.23. The molecule has 18 heavy (non-hydrogen) atoms. The number of ketones is 1. The maximum absolute atomic E-state index is 11.4. The van der Waals surface area contributed by atoms with E-state index in [9.17, 15) is 9.59 Å². The first kappa shape index (κ1) is 12.4. The molecule has 0 fully saturated rings. The highest BCUT2D eigenvalue weighted by molar-refractivity contribution is 5.98. The second-order valence-electron chi connectivity index (χ2n) is 4.49. The fourth-order valence-corrected chi connectivity index (χ4v) is 2.04. The minimum Gasteiger partial charge on any atom is -0.478 e. The van der Waals surface area contributed by atoms with Gasteiger partial charge in [0.05, 0.1) is 5.56 Å². The molecule has 0 saturated heterocycles. The fourth-order valence-electron chi connectivity index (χ4n) is 2.04. The zero-order chi connectivity index (χ0) is 13.3. The van der Waals surface area contributed by atoms with Crippen LogP contribution in [0.2, 0.25) is 0 Å². The predicted molar refractivity (Wildman–Crippen MR) is 68.7 cm³/mol. The number of carboxylic acid groups (broad SMARTS) is 1. The lowest BCUT2D eigenvalue weighted by Gasteiger charge is -2.11. The minimum atomic E-state index is -0.934. The molecule has 94 valence electrons. The molecule has 0 bridgehead atoms. The van der Waals surface area contributed by atoms with E-state index < -0.39 is 5.97 Å². The Morgan fingerprint density at radius 3 is 2.50 bits per heavy atom. The molecule has 1 aromatic carbocycles. The molecule has 2 N–H and O–H groups in total. The number of aromatic carboxylic acids is 1.